The van der Waals surface area contributed by atoms with E-state index in [0.29, 0.717) is 27.6 Å². The molecule has 8 heteroatoms. The first-order chi connectivity index (χ1) is 13.6. The minimum Gasteiger partial charge on any atom is -0.512 e. The van der Waals surface area contributed by atoms with Crippen LogP contribution in [0.25, 0.3) is 0 Å². The van der Waals surface area contributed by atoms with Crippen molar-refractivity contribution in [3.05, 3.63) is 52.3 Å². The minimum atomic E-state index is -1.19. The van der Waals surface area contributed by atoms with Crippen molar-refractivity contribution in [2.75, 3.05) is 27.7 Å². The van der Waals surface area contributed by atoms with Gasteiger partial charge in [-0.3, -0.25) is 19.5 Å². The van der Waals surface area contributed by atoms with Gasteiger partial charge < -0.3 is 15.1 Å². The maximum atomic E-state index is 12.8. The Morgan fingerprint density at radius 3 is 2.59 bits per heavy atom. The summed E-state index contributed by atoms with van der Waals surface area (Å²) in [6.07, 6.45) is -0.552. The van der Waals surface area contributed by atoms with Crippen LogP contribution >= 0.6 is 0 Å². The van der Waals surface area contributed by atoms with Crippen LogP contribution in [0, 0.1) is 0 Å². The number of rotatable bonds is 4. The van der Waals surface area contributed by atoms with Crippen molar-refractivity contribution in [3.8, 4) is 0 Å². The standard InChI is InChI=1S/C21H28N4O4/c1-12-15(20(28)24(3)21(29)18(12)13(2)26)11-22-23-19(27)17-10-14-8-6-7-9-16(14)25(17,4)5/h6-9,17,21-22,29H,10-11H2,1-5H3,(H-,23,26,27,28)/p+1. The van der Waals surface area contributed by atoms with Gasteiger partial charge in [-0.2, -0.15) is 0 Å². The Kier molecular flexibility index (Phi) is 5.53. The summed E-state index contributed by atoms with van der Waals surface area (Å²) in [5.74, 6) is -0.556. The molecule has 0 aromatic heterocycles. The Bertz CT molecular complexity index is 915. The topological polar surface area (TPSA) is 102 Å². The molecule has 0 aliphatic carbocycles. The summed E-state index contributed by atoms with van der Waals surface area (Å²) < 4.78 is 0.454. The summed E-state index contributed by atoms with van der Waals surface area (Å²) >= 11 is 0. The van der Waals surface area contributed by atoms with Gasteiger partial charge in [-0.05, 0) is 25.5 Å². The molecule has 0 spiro atoms. The number of aliphatic hydroxyl groups is 2. The van der Waals surface area contributed by atoms with Crippen molar-refractivity contribution in [1.29, 1.82) is 0 Å². The van der Waals surface area contributed by atoms with E-state index in [1.807, 2.05) is 38.4 Å². The summed E-state index contributed by atoms with van der Waals surface area (Å²) in [5.41, 5.74) is 9.04. The van der Waals surface area contributed by atoms with E-state index in [1.54, 1.807) is 6.92 Å². The minimum absolute atomic E-state index is 0.0429. The number of nitrogens with zero attached hydrogens (tertiary/aromatic N) is 2. The number of likely N-dealkylation sites (N-methyl/N-ethyl adjacent to an activating group) is 2. The van der Waals surface area contributed by atoms with E-state index in [9.17, 15) is 19.8 Å². The number of para-hydroxylation sites is 1. The van der Waals surface area contributed by atoms with E-state index >= 15 is 0 Å². The van der Waals surface area contributed by atoms with E-state index in [1.165, 1.54) is 14.0 Å². The Labute approximate surface area is 170 Å². The molecular formula is C21H29N4O4+. The molecule has 2 aliphatic heterocycles. The van der Waals surface area contributed by atoms with Gasteiger partial charge in [-0.25, -0.2) is 5.43 Å². The van der Waals surface area contributed by atoms with E-state index in [4.69, 9.17) is 0 Å². The van der Waals surface area contributed by atoms with Crippen molar-refractivity contribution in [1.82, 2.24) is 20.2 Å². The van der Waals surface area contributed by atoms with Crippen LogP contribution in [0.2, 0.25) is 0 Å². The maximum absolute atomic E-state index is 12.8. The molecule has 2 aliphatic rings. The second-order valence-corrected chi connectivity index (χ2v) is 8.12. The predicted octanol–water partition coefficient (Wildman–Crippen LogP) is 0.738. The normalized spacial score (nSPS) is 25.2. The fourth-order valence-corrected chi connectivity index (χ4v) is 4.24. The van der Waals surface area contributed by atoms with Gasteiger partial charge in [0.25, 0.3) is 11.8 Å². The van der Waals surface area contributed by atoms with E-state index in [2.05, 4.69) is 10.9 Å². The van der Waals surface area contributed by atoms with Crippen LogP contribution in [0.3, 0.4) is 0 Å². The molecular weight excluding hydrogens is 372 g/mol. The van der Waals surface area contributed by atoms with Gasteiger partial charge in [0.2, 0.25) is 0 Å². The molecule has 1 aromatic rings. The molecule has 2 atom stereocenters. The number of allylic oxidation sites excluding steroid dienone is 1. The quantitative estimate of drug-likeness (QED) is 0.339. The van der Waals surface area contributed by atoms with Crippen LogP contribution in [-0.2, 0) is 16.0 Å². The first-order valence-corrected chi connectivity index (χ1v) is 9.57. The van der Waals surface area contributed by atoms with Gasteiger partial charge in [-0.15, -0.1) is 0 Å². The fourth-order valence-electron chi connectivity index (χ4n) is 4.24. The number of fused-ring (bicyclic) bond motifs is 1. The number of benzene rings is 1. The molecule has 29 heavy (non-hydrogen) atoms. The number of amides is 2. The van der Waals surface area contributed by atoms with E-state index in [-0.39, 0.29) is 30.2 Å². The number of carbonyl (C=O) groups is 2. The largest absolute Gasteiger partial charge is 0.512 e. The molecule has 156 valence electrons. The number of quaternary nitrogens is 1. The van der Waals surface area contributed by atoms with Gasteiger partial charge >= 0.3 is 0 Å². The highest BCUT2D eigenvalue weighted by atomic mass is 16.3. The lowest BCUT2D eigenvalue weighted by Crippen LogP contribution is -2.58. The van der Waals surface area contributed by atoms with Crippen molar-refractivity contribution in [3.63, 3.8) is 0 Å². The monoisotopic (exact) mass is 401 g/mol. The Morgan fingerprint density at radius 2 is 1.97 bits per heavy atom. The zero-order valence-corrected chi connectivity index (χ0v) is 17.5. The molecule has 0 bridgehead atoms. The summed E-state index contributed by atoms with van der Waals surface area (Å²) in [6, 6.07) is 7.74. The summed E-state index contributed by atoms with van der Waals surface area (Å²) in [6.45, 7) is 3.23. The summed E-state index contributed by atoms with van der Waals surface area (Å²) in [5, 5.41) is 20.1. The third kappa shape index (κ3) is 3.55. The van der Waals surface area contributed by atoms with E-state index in [0.717, 1.165) is 16.2 Å². The van der Waals surface area contributed by atoms with Gasteiger partial charge in [-0.1, -0.05) is 18.2 Å². The highest BCUT2D eigenvalue weighted by Crippen LogP contribution is 2.35. The van der Waals surface area contributed by atoms with Crippen LogP contribution in [0.1, 0.15) is 19.4 Å². The van der Waals surface area contributed by atoms with Gasteiger partial charge in [0.05, 0.1) is 19.9 Å². The highest BCUT2D eigenvalue weighted by Gasteiger charge is 2.44. The van der Waals surface area contributed by atoms with Crippen LogP contribution < -0.4 is 15.3 Å². The van der Waals surface area contributed by atoms with Crippen molar-refractivity contribution in [2.45, 2.75) is 32.5 Å². The summed E-state index contributed by atoms with van der Waals surface area (Å²) in [7, 11) is 5.48. The molecule has 4 N–H and O–H groups in total. The number of carbonyl (C=O) groups excluding carboxylic acids is 2. The van der Waals surface area contributed by atoms with Crippen LogP contribution in [0.5, 0.6) is 0 Å². The van der Waals surface area contributed by atoms with Crippen molar-refractivity contribution >= 4 is 17.5 Å². The first-order valence-electron chi connectivity index (χ1n) is 9.57. The summed E-state index contributed by atoms with van der Waals surface area (Å²) in [4.78, 5) is 26.5. The van der Waals surface area contributed by atoms with Crippen LogP contribution in [0.15, 0.2) is 46.7 Å². The smallest absolute Gasteiger partial charge is 0.293 e. The third-order valence-electron chi connectivity index (χ3n) is 6.03. The number of hydrogen-bond donors (Lipinski definition) is 4. The molecule has 1 aromatic carbocycles. The molecule has 0 saturated carbocycles. The molecule has 3 rings (SSSR count). The Morgan fingerprint density at radius 1 is 1.31 bits per heavy atom. The lowest BCUT2D eigenvalue weighted by atomic mass is 9.93. The average Bonchev–Trinajstić information content (AvgIpc) is 2.94. The Hall–Kier alpha value is -2.68. The maximum Gasteiger partial charge on any atom is 0.293 e. The number of hydrazine groups is 1. The molecule has 0 saturated heterocycles. The molecule has 8 nitrogen and oxygen atoms in total. The molecule has 0 fully saturated rings. The first kappa shape index (κ1) is 21.0. The average molecular weight is 401 g/mol. The zero-order valence-electron chi connectivity index (χ0n) is 17.5. The Balaban J connectivity index is 1.71. The van der Waals surface area contributed by atoms with Gasteiger partial charge in [0, 0.05) is 36.7 Å². The lowest BCUT2D eigenvalue weighted by molar-refractivity contribution is -0.134. The molecule has 2 unspecified atom stereocenters. The zero-order chi connectivity index (χ0) is 21.5. The third-order valence-corrected chi connectivity index (χ3v) is 6.03. The second-order valence-electron chi connectivity index (χ2n) is 8.12. The molecule has 0 radical (unpaired) electrons. The second kappa shape index (κ2) is 7.62. The van der Waals surface area contributed by atoms with Crippen LogP contribution in [-0.4, -0.2) is 66.9 Å². The number of aliphatic hydroxyl groups excluding tert-OH is 2. The number of hydrogen-bond acceptors (Lipinski definition) is 5. The van der Waals surface area contributed by atoms with Gasteiger partial charge in [0.15, 0.2) is 12.3 Å². The highest BCUT2D eigenvalue weighted by molar-refractivity contribution is 5.97. The van der Waals surface area contributed by atoms with Crippen molar-refractivity contribution < 1.29 is 19.8 Å². The lowest BCUT2D eigenvalue weighted by Gasteiger charge is -2.34. The fraction of sp³-hybridized carbons (Fsp3) is 0.429. The van der Waals surface area contributed by atoms with Gasteiger partial charge in [0.1, 0.15) is 5.69 Å². The molecule has 2 heterocycles. The number of nitrogens with one attached hydrogen (secondary N) is 2. The van der Waals surface area contributed by atoms with E-state index < -0.39 is 6.23 Å². The SMILES string of the molecule is CC(O)=C1C(C)=C(CNNC(=O)C2Cc3ccccc3[N+]2(C)C)C(=O)N(C)C1O. The van der Waals surface area contributed by atoms with Crippen molar-refractivity contribution in [2.24, 2.45) is 0 Å². The predicted molar refractivity (Wildman–Crippen MR) is 111 cm³/mol. The molecule has 2 amide bonds. The van der Waals surface area contributed by atoms with Crippen LogP contribution in [0.4, 0.5) is 5.69 Å².